The van der Waals surface area contributed by atoms with Crippen LogP contribution in [0.1, 0.15) is 70.6 Å². The number of hydrogen-bond donors (Lipinski definition) is 1. The van der Waals surface area contributed by atoms with Gasteiger partial charge in [-0.1, -0.05) is 44.9 Å². The molecule has 0 atom stereocenters. The van der Waals surface area contributed by atoms with Crippen LogP contribution in [0.25, 0.3) is 0 Å². The van der Waals surface area contributed by atoms with E-state index in [1.165, 1.54) is 6.42 Å². The van der Waals surface area contributed by atoms with Gasteiger partial charge in [0, 0.05) is 12.4 Å². The van der Waals surface area contributed by atoms with Gasteiger partial charge in [0.1, 0.15) is 0 Å². The molecular formula is C13H23NaO4. The van der Waals surface area contributed by atoms with E-state index in [4.69, 9.17) is 5.11 Å². The Hall–Kier alpha value is -0.0600. The van der Waals surface area contributed by atoms with Crippen molar-refractivity contribution in [2.45, 2.75) is 70.6 Å². The summed E-state index contributed by atoms with van der Waals surface area (Å²) in [6.07, 6.45) is 9.57. The first-order chi connectivity index (χ1) is 8.13. The summed E-state index contributed by atoms with van der Waals surface area (Å²) in [6.45, 7) is 0. The summed E-state index contributed by atoms with van der Waals surface area (Å²) in [5, 5.41) is 18.6. The molecule has 0 bridgehead atoms. The number of carboxylic acid groups (broad SMARTS) is 2. The molecule has 0 saturated heterocycles. The molecule has 0 spiro atoms. The van der Waals surface area contributed by atoms with Gasteiger partial charge < -0.3 is 15.0 Å². The predicted octanol–water partition coefficient (Wildman–Crippen LogP) is -0.884. The van der Waals surface area contributed by atoms with Crippen molar-refractivity contribution < 1.29 is 49.4 Å². The quantitative estimate of drug-likeness (QED) is 0.367. The van der Waals surface area contributed by atoms with Crippen LogP contribution < -0.4 is 34.7 Å². The van der Waals surface area contributed by atoms with Crippen molar-refractivity contribution in [2.75, 3.05) is 0 Å². The molecular weight excluding hydrogens is 243 g/mol. The number of carbonyl (C=O) groups excluding carboxylic acids is 1. The molecule has 0 radical (unpaired) electrons. The van der Waals surface area contributed by atoms with Crippen LogP contribution in [0.15, 0.2) is 0 Å². The van der Waals surface area contributed by atoms with E-state index in [9.17, 15) is 14.7 Å². The average molecular weight is 266 g/mol. The molecule has 100 valence electrons. The third kappa shape index (κ3) is 18.3. The van der Waals surface area contributed by atoms with Crippen molar-refractivity contribution in [1.82, 2.24) is 0 Å². The van der Waals surface area contributed by atoms with E-state index in [-0.39, 0.29) is 42.4 Å². The van der Waals surface area contributed by atoms with E-state index in [2.05, 4.69) is 0 Å². The normalized spacial score (nSPS) is 9.78. The van der Waals surface area contributed by atoms with Crippen molar-refractivity contribution >= 4 is 11.9 Å². The fourth-order valence-corrected chi connectivity index (χ4v) is 1.78. The maximum Gasteiger partial charge on any atom is 1.00 e. The van der Waals surface area contributed by atoms with Gasteiger partial charge in [-0.2, -0.15) is 0 Å². The third-order valence-electron chi connectivity index (χ3n) is 2.77. The van der Waals surface area contributed by atoms with Gasteiger partial charge in [-0.05, 0) is 19.3 Å². The van der Waals surface area contributed by atoms with Crippen LogP contribution >= 0.6 is 0 Å². The molecule has 5 heteroatoms. The second-order valence-corrected chi connectivity index (χ2v) is 4.45. The summed E-state index contributed by atoms with van der Waals surface area (Å²) in [4.78, 5) is 20.4. The molecule has 0 aromatic heterocycles. The Kier molecular flexibility index (Phi) is 16.9. The fraction of sp³-hybridized carbons (Fsp3) is 0.846. The van der Waals surface area contributed by atoms with Gasteiger partial charge >= 0.3 is 35.5 Å². The average Bonchev–Trinajstić information content (AvgIpc) is 2.25. The van der Waals surface area contributed by atoms with Crippen molar-refractivity contribution in [3.63, 3.8) is 0 Å². The zero-order valence-electron chi connectivity index (χ0n) is 11.5. The smallest absolute Gasteiger partial charge is 0.550 e. The van der Waals surface area contributed by atoms with Crippen LogP contribution in [0.3, 0.4) is 0 Å². The molecule has 0 unspecified atom stereocenters. The van der Waals surface area contributed by atoms with Crippen LogP contribution in [0.2, 0.25) is 0 Å². The summed E-state index contributed by atoms with van der Waals surface area (Å²) in [5.41, 5.74) is 0. The van der Waals surface area contributed by atoms with E-state index in [0.717, 1.165) is 51.4 Å². The SMILES string of the molecule is O=C([O-])CCCCCCCCCCCC(=O)O.[Na+]. The minimum absolute atomic E-state index is 0. The van der Waals surface area contributed by atoms with Gasteiger partial charge in [0.05, 0.1) is 0 Å². The van der Waals surface area contributed by atoms with Crippen molar-refractivity contribution in [2.24, 2.45) is 0 Å². The zero-order valence-corrected chi connectivity index (χ0v) is 13.5. The van der Waals surface area contributed by atoms with Crippen molar-refractivity contribution in [3.05, 3.63) is 0 Å². The number of aliphatic carboxylic acids is 2. The first kappa shape index (κ1) is 20.3. The monoisotopic (exact) mass is 266 g/mol. The Morgan fingerprint density at radius 2 is 1.06 bits per heavy atom. The van der Waals surface area contributed by atoms with E-state index >= 15 is 0 Å². The Morgan fingerprint density at radius 1 is 0.722 bits per heavy atom. The van der Waals surface area contributed by atoms with E-state index in [0.29, 0.717) is 0 Å². The third-order valence-corrected chi connectivity index (χ3v) is 2.77. The molecule has 0 aromatic carbocycles. The maximum atomic E-state index is 10.2. The molecule has 0 aromatic rings. The van der Waals surface area contributed by atoms with Gasteiger partial charge in [0.2, 0.25) is 0 Å². The van der Waals surface area contributed by atoms with Gasteiger partial charge in [0.15, 0.2) is 0 Å². The first-order valence-electron chi connectivity index (χ1n) is 6.54. The van der Waals surface area contributed by atoms with Gasteiger partial charge in [0.25, 0.3) is 0 Å². The second-order valence-electron chi connectivity index (χ2n) is 4.45. The largest absolute Gasteiger partial charge is 1.00 e. The standard InChI is InChI=1S/C13H24O4.Na/c14-12(15)10-8-6-4-2-1-3-5-7-9-11-13(16)17;/h1-11H2,(H,14,15)(H,16,17);/q;+1/p-1. The number of carbonyl (C=O) groups is 2. The summed E-state index contributed by atoms with van der Waals surface area (Å²) in [7, 11) is 0. The van der Waals surface area contributed by atoms with Crippen molar-refractivity contribution in [1.29, 1.82) is 0 Å². The van der Waals surface area contributed by atoms with E-state index < -0.39 is 11.9 Å². The Morgan fingerprint density at radius 3 is 1.39 bits per heavy atom. The van der Waals surface area contributed by atoms with Crippen LogP contribution in [0.4, 0.5) is 0 Å². The molecule has 0 fully saturated rings. The molecule has 0 aliphatic heterocycles. The van der Waals surface area contributed by atoms with Crippen LogP contribution in [-0.4, -0.2) is 17.0 Å². The molecule has 0 saturated carbocycles. The molecule has 0 aliphatic carbocycles. The van der Waals surface area contributed by atoms with E-state index in [1.807, 2.05) is 0 Å². The number of unbranched alkanes of at least 4 members (excludes halogenated alkanes) is 8. The molecule has 4 nitrogen and oxygen atoms in total. The summed E-state index contributed by atoms with van der Waals surface area (Å²) in [6, 6.07) is 0. The molecule has 0 amide bonds. The number of hydrogen-bond acceptors (Lipinski definition) is 3. The van der Waals surface area contributed by atoms with Crippen LogP contribution in [0.5, 0.6) is 0 Å². The summed E-state index contributed by atoms with van der Waals surface area (Å²) in [5.74, 6) is -1.67. The molecule has 0 heterocycles. The fourth-order valence-electron chi connectivity index (χ4n) is 1.78. The van der Waals surface area contributed by atoms with E-state index in [1.54, 1.807) is 0 Å². The second kappa shape index (κ2) is 15.0. The van der Waals surface area contributed by atoms with Gasteiger partial charge in [-0.3, -0.25) is 4.79 Å². The molecule has 0 aliphatic rings. The summed E-state index contributed by atoms with van der Waals surface area (Å²) >= 11 is 0. The zero-order chi connectivity index (χ0) is 12.9. The summed E-state index contributed by atoms with van der Waals surface area (Å²) < 4.78 is 0. The number of carboxylic acids is 2. The number of rotatable bonds is 12. The molecule has 1 N–H and O–H groups in total. The minimum Gasteiger partial charge on any atom is -0.550 e. The molecule has 18 heavy (non-hydrogen) atoms. The van der Waals surface area contributed by atoms with Gasteiger partial charge in [-0.15, -0.1) is 0 Å². The molecule has 0 rings (SSSR count). The topological polar surface area (TPSA) is 77.4 Å². The Bertz CT molecular complexity index is 197. The Balaban J connectivity index is 0. The minimum atomic E-state index is -0.955. The van der Waals surface area contributed by atoms with Crippen molar-refractivity contribution in [3.8, 4) is 0 Å². The van der Waals surface area contributed by atoms with Crippen LogP contribution in [0, 0.1) is 0 Å². The van der Waals surface area contributed by atoms with Gasteiger partial charge in [-0.25, -0.2) is 0 Å². The predicted molar refractivity (Wildman–Crippen MR) is 63.4 cm³/mol. The maximum absolute atomic E-state index is 10.2. The Labute approximate surface area is 131 Å². The van der Waals surface area contributed by atoms with Crippen LogP contribution in [-0.2, 0) is 9.59 Å². The first-order valence-corrected chi connectivity index (χ1v) is 6.54.